The van der Waals surface area contributed by atoms with E-state index >= 15 is 0 Å². The van der Waals surface area contributed by atoms with Gasteiger partial charge in [0.05, 0.1) is 17.9 Å². The van der Waals surface area contributed by atoms with Gasteiger partial charge in [-0.05, 0) is 20.9 Å². The summed E-state index contributed by atoms with van der Waals surface area (Å²) in [5.41, 5.74) is 1.62. The summed E-state index contributed by atoms with van der Waals surface area (Å²) in [6.45, 7) is 10.2. The average Bonchev–Trinajstić information content (AvgIpc) is 3.18. The fourth-order valence-corrected chi connectivity index (χ4v) is 4.60. The highest BCUT2D eigenvalue weighted by Crippen LogP contribution is 2.22. The molecule has 7 nitrogen and oxygen atoms in total. The zero-order valence-electron chi connectivity index (χ0n) is 15.7. The van der Waals surface area contributed by atoms with E-state index in [4.69, 9.17) is 9.72 Å². The largest absolute Gasteiger partial charge is 0.372 e. The summed E-state index contributed by atoms with van der Waals surface area (Å²) in [4.78, 5) is 25.5. The van der Waals surface area contributed by atoms with Crippen molar-refractivity contribution in [1.29, 1.82) is 0 Å². The van der Waals surface area contributed by atoms with Crippen molar-refractivity contribution in [3.05, 3.63) is 23.0 Å². The van der Waals surface area contributed by atoms with Crippen molar-refractivity contribution in [3.63, 3.8) is 0 Å². The predicted molar refractivity (Wildman–Crippen MR) is 102 cm³/mol. The molecule has 8 heteroatoms. The summed E-state index contributed by atoms with van der Waals surface area (Å²) in [7, 11) is 2.16. The molecular formula is C18H27N5O2S. The Morgan fingerprint density at radius 3 is 2.62 bits per heavy atom. The van der Waals surface area contributed by atoms with Gasteiger partial charge < -0.3 is 14.5 Å². The van der Waals surface area contributed by atoms with Gasteiger partial charge >= 0.3 is 0 Å². The van der Waals surface area contributed by atoms with Crippen molar-refractivity contribution in [2.75, 3.05) is 46.3 Å². The van der Waals surface area contributed by atoms with Crippen LogP contribution in [-0.4, -0.2) is 88.5 Å². The summed E-state index contributed by atoms with van der Waals surface area (Å²) in [6, 6.07) is 0. The van der Waals surface area contributed by atoms with Crippen molar-refractivity contribution in [2.45, 2.75) is 32.6 Å². The van der Waals surface area contributed by atoms with Crippen LogP contribution in [0, 0.1) is 0 Å². The monoisotopic (exact) mass is 377 g/mol. The third-order valence-corrected chi connectivity index (χ3v) is 6.00. The Bertz CT molecular complexity index is 770. The van der Waals surface area contributed by atoms with Gasteiger partial charge in [-0.2, -0.15) is 0 Å². The summed E-state index contributed by atoms with van der Waals surface area (Å²) >= 11 is 1.58. The lowest BCUT2D eigenvalue weighted by Gasteiger charge is -2.35. The van der Waals surface area contributed by atoms with Gasteiger partial charge in [-0.3, -0.25) is 14.1 Å². The van der Waals surface area contributed by atoms with Gasteiger partial charge in [0.15, 0.2) is 10.7 Å². The second-order valence-electron chi connectivity index (χ2n) is 7.51. The second kappa shape index (κ2) is 7.26. The minimum Gasteiger partial charge on any atom is -0.372 e. The van der Waals surface area contributed by atoms with E-state index in [0.29, 0.717) is 18.8 Å². The third kappa shape index (κ3) is 3.51. The van der Waals surface area contributed by atoms with Crippen LogP contribution < -0.4 is 0 Å². The van der Waals surface area contributed by atoms with E-state index in [1.54, 1.807) is 11.3 Å². The fraction of sp³-hybridized carbons (Fsp3) is 0.667. The molecule has 0 aliphatic carbocycles. The third-order valence-electron chi connectivity index (χ3n) is 5.24. The normalized spacial score (nSPS) is 25.9. The molecule has 2 atom stereocenters. The first-order valence-corrected chi connectivity index (χ1v) is 10.2. The molecule has 2 saturated heterocycles. The zero-order valence-corrected chi connectivity index (χ0v) is 16.5. The van der Waals surface area contributed by atoms with Crippen LogP contribution in [0.25, 0.3) is 4.96 Å². The molecule has 2 fully saturated rings. The highest BCUT2D eigenvalue weighted by molar-refractivity contribution is 7.15. The Labute approximate surface area is 158 Å². The highest BCUT2D eigenvalue weighted by atomic mass is 32.1. The predicted octanol–water partition coefficient (Wildman–Crippen LogP) is 1.39. The summed E-state index contributed by atoms with van der Waals surface area (Å²) in [6.07, 6.45) is 2.15. The molecular weight excluding hydrogens is 350 g/mol. The number of morpholine rings is 1. The van der Waals surface area contributed by atoms with E-state index < -0.39 is 0 Å². The number of carbonyl (C=O) groups excluding carboxylic acids is 1. The molecule has 0 unspecified atom stereocenters. The molecule has 0 radical (unpaired) electrons. The standard InChI is InChI=1S/C18H27N5O2S/c1-13-10-22(11-14(2)25-13)17(24)16-15(23-8-9-26-18(23)19-16)12-21-6-4-20(3)5-7-21/h8-9,13-14H,4-7,10-12H2,1-3H3/t13-,14+. The molecule has 0 N–H and O–H groups in total. The number of nitrogens with zero attached hydrogens (tertiary/aromatic N) is 5. The number of imidazole rings is 1. The van der Waals surface area contributed by atoms with Crippen LogP contribution in [0.15, 0.2) is 11.6 Å². The van der Waals surface area contributed by atoms with E-state index in [1.807, 2.05) is 30.3 Å². The van der Waals surface area contributed by atoms with Crippen LogP contribution in [0.3, 0.4) is 0 Å². The number of hydrogen-bond acceptors (Lipinski definition) is 6. The summed E-state index contributed by atoms with van der Waals surface area (Å²) < 4.78 is 7.86. The van der Waals surface area contributed by atoms with E-state index in [-0.39, 0.29) is 18.1 Å². The number of carbonyl (C=O) groups is 1. The van der Waals surface area contributed by atoms with Crippen LogP contribution in [0.5, 0.6) is 0 Å². The van der Waals surface area contributed by atoms with Gasteiger partial charge in [-0.15, -0.1) is 11.3 Å². The van der Waals surface area contributed by atoms with Crippen LogP contribution in [0.1, 0.15) is 30.0 Å². The second-order valence-corrected chi connectivity index (χ2v) is 8.38. The van der Waals surface area contributed by atoms with Gasteiger partial charge in [0.2, 0.25) is 0 Å². The molecule has 2 aromatic rings. The number of fused-ring (bicyclic) bond motifs is 1. The van der Waals surface area contributed by atoms with E-state index in [1.165, 1.54) is 0 Å². The van der Waals surface area contributed by atoms with Gasteiger partial charge in [0.25, 0.3) is 5.91 Å². The number of ether oxygens (including phenoxy) is 1. The van der Waals surface area contributed by atoms with Crippen LogP contribution >= 0.6 is 11.3 Å². The lowest BCUT2D eigenvalue weighted by molar-refractivity contribution is -0.0587. The number of rotatable bonds is 3. The molecule has 0 bridgehead atoms. The molecule has 2 aromatic heterocycles. The van der Waals surface area contributed by atoms with Crippen molar-refractivity contribution < 1.29 is 9.53 Å². The number of amides is 1. The zero-order chi connectivity index (χ0) is 18.3. The SMILES string of the molecule is C[C@@H]1CN(C(=O)c2nc3sccn3c2CN2CCN(C)CC2)C[C@H](C)O1. The lowest BCUT2D eigenvalue weighted by atomic mass is 10.2. The molecule has 2 aliphatic heterocycles. The van der Waals surface area contributed by atoms with Gasteiger partial charge in [0, 0.05) is 57.4 Å². The number of thiazole rings is 1. The van der Waals surface area contributed by atoms with Gasteiger partial charge in [-0.25, -0.2) is 4.98 Å². The van der Waals surface area contributed by atoms with E-state index in [2.05, 4.69) is 21.2 Å². The molecule has 1 amide bonds. The maximum absolute atomic E-state index is 13.2. The Morgan fingerprint density at radius 1 is 1.23 bits per heavy atom. The molecule has 4 rings (SSSR count). The maximum Gasteiger partial charge on any atom is 0.274 e. The quantitative estimate of drug-likeness (QED) is 0.809. The maximum atomic E-state index is 13.2. The summed E-state index contributed by atoms with van der Waals surface area (Å²) in [5, 5.41) is 2.03. The van der Waals surface area contributed by atoms with Crippen molar-refractivity contribution in [1.82, 2.24) is 24.1 Å². The van der Waals surface area contributed by atoms with Crippen LogP contribution in [0.4, 0.5) is 0 Å². The molecule has 4 heterocycles. The summed E-state index contributed by atoms with van der Waals surface area (Å²) in [5.74, 6) is 0.0343. The van der Waals surface area contributed by atoms with E-state index in [9.17, 15) is 4.79 Å². The Morgan fingerprint density at radius 2 is 1.92 bits per heavy atom. The van der Waals surface area contributed by atoms with Crippen molar-refractivity contribution in [3.8, 4) is 0 Å². The Balaban J connectivity index is 1.60. The minimum absolute atomic E-state index is 0.0343. The number of hydrogen-bond donors (Lipinski definition) is 0. The highest BCUT2D eigenvalue weighted by Gasteiger charge is 2.31. The van der Waals surface area contributed by atoms with Crippen molar-refractivity contribution >= 4 is 22.2 Å². The topological polar surface area (TPSA) is 53.3 Å². The van der Waals surface area contributed by atoms with Crippen molar-refractivity contribution in [2.24, 2.45) is 0 Å². The minimum atomic E-state index is 0.0343. The first-order chi connectivity index (χ1) is 12.5. The van der Waals surface area contributed by atoms with Crippen LogP contribution in [-0.2, 0) is 11.3 Å². The van der Waals surface area contributed by atoms with E-state index in [0.717, 1.165) is 43.4 Å². The molecule has 142 valence electrons. The first kappa shape index (κ1) is 17.9. The Kier molecular flexibility index (Phi) is 5.00. The smallest absolute Gasteiger partial charge is 0.274 e. The average molecular weight is 378 g/mol. The first-order valence-electron chi connectivity index (χ1n) is 9.31. The van der Waals surface area contributed by atoms with Crippen LogP contribution in [0.2, 0.25) is 0 Å². The lowest BCUT2D eigenvalue weighted by Crippen LogP contribution is -2.48. The fourth-order valence-electron chi connectivity index (χ4n) is 3.87. The van der Waals surface area contributed by atoms with Gasteiger partial charge in [-0.1, -0.05) is 0 Å². The molecule has 0 saturated carbocycles. The van der Waals surface area contributed by atoms with Gasteiger partial charge in [0.1, 0.15) is 0 Å². The molecule has 26 heavy (non-hydrogen) atoms. The molecule has 0 aromatic carbocycles. The Hall–Kier alpha value is -1.48. The molecule has 2 aliphatic rings. The number of likely N-dealkylation sites (N-methyl/N-ethyl adjacent to an activating group) is 1. The molecule has 0 spiro atoms. The number of aromatic nitrogens is 2. The number of piperazine rings is 1.